The summed E-state index contributed by atoms with van der Waals surface area (Å²) in [4.78, 5) is 10.6. The average molecular weight is 350 g/mol. The maximum Gasteiger partial charge on any atom is 0.358 e. The molecule has 0 saturated heterocycles. The van der Waals surface area contributed by atoms with E-state index in [9.17, 15) is 9.18 Å². The molecule has 0 spiro atoms. The number of carboxylic acid groups (broad SMARTS) is 1. The lowest BCUT2D eigenvalue weighted by molar-refractivity contribution is 0.0685. The number of aromatic carboxylic acids is 1. The fraction of sp³-hybridized carbons (Fsp3) is 0.0909. The molecule has 1 aromatic carbocycles. The molecular formula is C11H7BrClFN2O3. The van der Waals surface area contributed by atoms with Crippen LogP contribution in [0.25, 0.3) is 0 Å². The molecule has 0 atom stereocenters. The van der Waals surface area contributed by atoms with Crippen molar-refractivity contribution in [2.75, 3.05) is 5.32 Å². The Morgan fingerprint density at radius 3 is 2.84 bits per heavy atom. The molecule has 2 aromatic rings. The van der Waals surface area contributed by atoms with Crippen molar-refractivity contribution in [3.8, 4) is 0 Å². The number of anilines is 1. The first-order valence-corrected chi connectivity index (χ1v) is 6.22. The highest BCUT2D eigenvalue weighted by molar-refractivity contribution is 9.10. The van der Waals surface area contributed by atoms with Crippen LogP contribution >= 0.6 is 27.5 Å². The first kappa shape index (κ1) is 13.8. The van der Waals surface area contributed by atoms with E-state index in [0.717, 1.165) is 6.07 Å². The van der Waals surface area contributed by atoms with Gasteiger partial charge in [-0.15, -0.1) is 0 Å². The quantitative estimate of drug-likeness (QED) is 0.883. The van der Waals surface area contributed by atoms with E-state index in [-0.39, 0.29) is 17.3 Å². The second kappa shape index (κ2) is 5.58. The standard InChI is InChI=1S/C11H7BrClFN2O3/c12-7-1-5(14)2-8(13)10(7)15-4-6-3-9(11(17)18)16-19-6/h1-3,15H,4H2,(H,17,18). The van der Waals surface area contributed by atoms with Crippen LogP contribution in [0, 0.1) is 5.82 Å². The largest absolute Gasteiger partial charge is 0.476 e. The Bertz CT molecular complexity index is 609. The number of benzene rings is 1. The molecule has 0 aliphatic heterocycles. The molecule has 0 bridgehead atoms. The molecule has 1 heterocycles. The van der Waals surface area contributed by atoms with Gasteiger partial charge in [-0.1, -0.05) is 16.8 Å². The molecule has 0 radical (unpaired) electrons. The van der Waals surface area contributed by atoms with Crippen LogP contribution in [-0.2, 0) is 6.54 Å². The maximum atomic E-state index is 13.0. The molecule has 0 aliphatic rings. The summed E-state index contributed by atoms with van der Waals surface area (Å²) < 4.78 is 18.3. The first-order chi connectivity index (χ1) is 8.97. The molecule has 100 valence electrons. The second-order valence-corrected chi connectivity index (χ2v) is 4.84. The van der Waals surface area contributed by atoms with Gasteiger partial charge in [0.1, 0.15) is 5.82 Å². The lowest BCUT2D eigenvalue weighted by Gasteiger charge is -2.08. The molecule has 0 unspecified atom stereocenters. The zero-order valence-electron chi connectivity index (χ0n) is 9.28. The first-order valence-electron chi connectivity index (χ1n) is 5.04. The van der Waals surface area contributed by atoms with Gasteiger partial charge in [0.05, 0.1) is 17.3 Å². The van der Waals surface area contributed by atoms with Crippen molar-refractivity contribution < 1.29 is 18.8 Å². The van der Waals surface area contributed by atoms with Crippen molar-refractivity contribution in [2.24, 2.45) is 0 Å². The monoisotopic (exact) mass is 348 g/mol. The number of hydrogen-bond donors (Lipinski definition) is 2. The van der Waals surface area contributed by atoms with E-state index in [1.807, 2.05) is 0 Å². The minimum Gasteiger partial charge on any atom is -0.476 e. The van der Waals surface area contributed by atoms with E-state index in [1.165, 1.54) is 12.1 Å². The van der Waals surface area contributed by atoms with E-state index in [4.69, 9.17) is 21.2 Å². The van der Waals surface area contributed by atoms with Crippen LogP contribution in [0.4, 0.5) is 10.1 Å². The number of rotatable bonds is 4. The number of carbonyl (C=O) groups is 1. The van der Waals surface area contributed by atoms with Crippen LogP contribution in [0.5, 0.6) is 0 Å². The number of nitrogens with one attached hydrogen (secondary N) is 1. The third-order valence-corrected chi connectivity index (χ3v) is 3.15. The van der Waals surface area contributed by atoms with Gasteiger partial charge in [0, 0.05) is 10.5 Å². The number of carboxylic acids is 1. The summed E-state index contributed by atoms with van der Waals surface area (Å²) in [5.74, 6) is -1.31. The summed E-state index contributed by atoms with van der Waals surface area (Å²) in [6, 6.07) is 3.72. The number of halogens is 3. The Kier molecular flexibility index (Phi) is 4.06. The second-order valence-electron chi connectivity index (χ2n) is 3.58. The highest BCUT2D eigenvalue weighted by atomic mass is 79.9. The van der Waals surface area contributed by atoms with E-state index in [2.05, 4.69) is 26.4 Å². The lowest BCUT2D eigenvalue weighted by atomic mass is 10.3. The van der Waals surface area contributed by atoms with Gasteiger partial charge in [0.15, 0.2) is 11.5 Å². The fourth-order valence-corrected chi connectivity index (χ4v) is 2.34. The number of aromatic nitrogens is 1. The maximum absolute atomic E-state index is 13.0. The molecule has 2 rings (SSSR count). The van der Waals surface area contributed by atoms with Gasteiger partial charge in [-0.25, -0.2) is 9.18 Å². The average Bonchev–Trinajstić information content (AvgIpc) is 2.76. The van der Waals surface area contributed by atoms with E-state index < -0.39 is 11.8 Å². The molecule has 2 N–H and O–H groups in total. The molecule has 0 fully saturated rings. The van der Waals surface area contributed by atoms with Gasteiger partial charge in [0.2, 0.25) is 0 Å². The molecule has 8 heteroatoms. The summed E-state index contributed by atoms with van der Waals surface area (Å²) in [6.07, 6.45) is 0. The van der Waals surface area contributed by atoms with Crippen LogP contribution in [-0.4, -0.2) is 16.2 Å². The summed E-state index contributed by atoms with van der Waals surface area (Å²) in [5.41, 5.74) is 0.303. The highest BCUT2D eigenvalue weighted by Crippen LogP contribution is 2.32. The van der Waals surface area contributed by atoms with Crippen molar-refractivity contribution >= 4 is 39.2 Å². The number of hydrogen-bond acceptors (Lipinski definition) is 4. The summed E-state index contributed by atoms with van der Waals surface area (Å²) in [5, 5.41) is 15.2. The Morgan fingerprint density at radius 2 is 2.26 bits per heavy atom. The zero-order chi connectivity index (χ0) is 14.0. The Balaban J connectivity index is 2.12. The van der Waals surface area contributed by atoms with Gasteiger partial charge in [-0.2, -0.15) is 0 Å². The highest BCUT2D eigenvalue weighted by Gasteiger charge is 2.12. The van der Waals surface area contributed by atoms with Crippen LogP contribution in [0.15, 0.2) is 27.2 Å². The molecule has 5 nitrogen and oxygen atoms in total. The molecule has 19 heavy (non-hydrogen) atoms. The molecule has 0 saturated carbocycles. The Labute approximate surface area is 120 Å². The van der Waals surface area contributed by atoms with Gasteiger partial charge in [-0.05, 0) is 28.1 Å². The van der Waals surface area contributed by atoms with Crippen LogP contribution in [0.3, 0.4) is 0 Å². The van der Waals surface area contributed by atoms with Gasteiger partial charge < -0.3 is 14.9 Å². The smallest absolute Gasteiger partial charge is 0.358 e. The SMILES string of the molecule is O=C(O)c1cc(CNc2c(Cl)cc(F)cc2Br)on1. The zero-order valence-corrected chi connectivity index (χ0v) is 11.6. The molecule has 0 aliphatic carbocycles. The van der Waals surface area contributed by atoms with Crippen molar-refractivity contribution in [1.29, 1.82) is 0 Å². The topological polar surface area (TPSA) is 75.4 Å². The van der Waals surface area contributed by atoms with Crippen LogP contribution in [0.1, 0.15) is 16.2 Å². The van der Waals surface area contributed by atoms with Gasteiger partial charge in [0.25, 0.3) is 0 Å². The van der Waals surface area contributed by atoms with Gasteiger partial charge >= 0.3 is 5.97 Å². The summed E-state index contributed by atoms with van der Waals surface area (Å²) >= 11 is 9.06. The lowest BCUT2D eigenvalue weighted by Crippen LogP contribution is -2.00. The van der Waals surface area contributed by atoms with Crippen molar-refractivity contribution in [3.05, 3.63) is 45.0 Å². The molecule has 0 amide bonds. The third kappa shape index (κ3) is 3.24. The predicted molar refractivity (Wildman–Crippen MR) is 69.9 cm³/mol. The normalized spacial score (nSPS) is 10.5. The van der Waals surface area contributed by atoms with E-state index in [1.54, 1.807) is 0 Å². The summed E-state index contributed by atoms with van der Waals surface area (Å²) in [7, 11) is 0. The van der Waals surface area contributed by atoms with Crippen LogP contribution < -0.4 is 5.32 Å². The van der Waals surface area contributed by atoms with Crippen molar-refractivity contribution in [2.45, 2.75) is 6.54 Å². The summed E-state index contributed by atoms with van der Waals surface area (Å²) in [6.45, 7) is 0.171. The predicted octanol–water partition coefficient (Wildman–Crippen LogP) is 3.54. The van der Waals surface area contributed by atoms with E-state index in [0.29, 0.717) is 15.9 Å². The van der Waals surface area contributed by atoms with Crippen molar-refractivity contribution in [3.63, 3.8) is 0 Å². The van der Waals surface area contributed by atoms with E-state index >= 15 is 0 Å². The van der Waals surface area contributed by atoms with Crippen molar-refractivity contribution in [1.82, 2.24) is 5.16 Å². The fourth-order valence-electron chi connectivity index (χ4n) is 1.38. The number of nitrogens with zero attached hydrogens (tertiary/aromatic N) is 1. The Hall–Kier alpha value is -1.60. The molecule has 1 aromatic heterocycles. The molecular weight excluding hydrogens is 342 g/mol. The Morgan fingerprint density at radius 1 is 1.53 bits per heavy atom. The van der Waals surface area contributed by atoms with Gasteiger partial charge in [-0.3, -0.25) is 0 Å². The minimum absolute atomic E-state index is 0.171. The third-order valence-electron chi connectivity index (χ3n) is 2.22. The minimum atomic E-state index is -1.17. The van der Waals surface area contributed by atoms with Crippen LogP contribution in [0.2, 0.25) is 5.02 Å².